The van der Waals surface area contributed by atoms with E-state index in [1.165, 1.54) is 19.3 Å². The van der Waals surface area contributed by atoms with Gasteiger partial charge < -0.3 is 4.90 Å². The number of primary sulfonamides is 1. The summed E-state index contributed by atoms with van der Waals surface area (Å²) >= 11 is 3.51. The summed E-state index contributed by atoms with van der Waals surface area (Å²) in [5.74, 6) is 0.412. The molecule has 0 saturated heterocycles. The Labute approximate surface area is 154 Å². The molecule has 1 aromatic rings. The average molecular weight is 415 g/mol. The van der Waals surface area contributed by atoms with Gasteiger partial charge in [0.25, 0.3) is 0 Å². The zero-order valence-corrected chi connectivity index (χ0v) is 17.1. The minimum atomic E-state index is -3.80. The van der Waals surface area contributed by atoms with Gasteiger partial charge in [-0.3, -0.25) is 0 Å². The summed E-state index contributed by atoms with van der Waals surface area (Å²) in [5.41, 5.74) is 1.21. The summed E-state index contributed by atoms with van der Waals surface area (Å²) in [6, 6.07) is 5.91. The Morgan fingerprint density at radius 1 is 1.25 bits per heavy atom. The number of hydrogen-bond acceptors (Lipinski definition) is 3. The van der Waals surface area contributed by atoms with E-state index in [4.69, 9.17) is 5.14 Å². The summed E-state index contributed by atoms with van der Waals surface area (Å²) in [6.07, 6.45) is 6.43. The summed E-state index contributed by atoms with van der Waals surface area (Å²) in [4.78, 5) is 2.09. The van der Waals surface area contributed by atoms with Gasteiger partial charge in [0, 0.05) is 22.8 Å². The molecule has 1 aliphatic heterocycles. The van der Waals surface area contributed by atoms with E-state index in [1.807, 2.05) is 39.1 Å². The zero-order valence-electron chi connectivity index (χ0n) is 14.7. The zero-order chi connectivity index (χ0) is 17.8. The number of rotatable bonds is 3. The number of anilines is 1. The first-order valence-electron chi connectivity index (χ1n) is 8.67. The molecule has 0 aromatic heterocycles. The Morgan fingerprint density at radius 2 is 1.88 bits per heavy atom. The number of fused-ring (bicyclic) bond motifs is 1. The lowest BCUT2D eigenvalue weighted by Crippen LogP contribution is -2.59. The molecule has 1 fully saturated rings. The third kappa shape index (κ3) is 2.53. The molecule has 1 aliphatic carbocycles. The molecule has 0 bridgehead atoms. The molecule has 2 aliphatic rings. The topological polar surface area (TPSA) is 63.4 Å². The number of halogens is 1. The fraction of sp³-hybridized carbons (Fsp3) is 0.667. The van der Waals surface area contributed by atoms with Crippen LogP contribution in [-0.4, -0.2) is 21.0 Å². The highest BCUT2D eigenvalue weighted by Gasteiger charge is 2.62. The lowest BCUT2D eigenvalue weighted by Gasteiger charge is -2.45. The first-order chi connectivity index (χ1) is 11.1. The van der Waals surface area contributed by atoms with E-state index >= 15 is 0 Å². The SMILES string of the molecule is CN1c2ccc(Br)cc2C(CC2CCCCC2)(S(N)(=O)=O)C1(C)C. The van der Waals surface area contributed by atoms with Gasteiger partial charge in [-0.05, 0) is 44.4 Å². The smallest absolute Gasteiger partial charge is 0.221 e. The molecule has 1 atom stereocenters. The Balaban J connectivity index is 2.22. The second-order valence-electron chi connectivity index (χ2n) is 7.86. The molecule has 2 N–H and O–H groups in total. The van der Waals surface area contributed by atoms with Crippen LogP contribution < -0.4 is 10.0 Å². The summed E-state index contributed by atoms with van der Waals surface area (Å²) in [6.45, 7) is 4.02. The normalized spacial score (nSPS) is 27.3. The Bertz CT molecular complexity index is 741. The molecule has 1 aromatic carbocycles. The van der Waals surface area contributed by atoms with Crippen LogP contribution in [0.2, 0.25) is 0 Å². The summed E-state index contributed by atoms with van der Waals surface area (Å²) in [7, 11) is -1.82. The molecule has 4 nitrogen and oxygen atoms in total. The minimum Gasteiger partial charge on any atom is -0.367 e. The molecular formula is C18H27BrN2O2S. The lowest BCUT2D eigenvalue weighted by atomic mass is 9.74. The van der Waals surface area contributed by atoms with Gasteiger partial charge in [0.1, 0.15) is 4.75 Å². The lowest BCUT2D eigenvalue weighted by molar-refractivity contribution is 0.249. The number of sulfonamides is 1. The van der Waals surface area contributed by atoms with E-state index in [0.717, 1.165) is 28.6 Å². The highest BCUT2D eigenvalue weighted by Crippen LogP contribution is 2.57. The molecule has 1 saturated carbocycles. The Hall–Kier alpha value is -0.590. The van der Waals surface area contributed by atoms with E-state index < -0.39 is 20.3 Å². The van der Waals surface area contributed by atoms with Crippen LogP contribution in [0, 0.1) is 5.92 Å². The molecule has 0 amide bonds. The molecule has 0 radical (unpaired) electrons. The molecule has 6 heteroatoms. The van der Waals surface area contributed by atoms with Crippen LogP contribution >= 0.6 is 15.9 Å². The molecule has 1 unspecified atom stereocenters. The average Bonchev–Trinajstić information content (AvgIpc) is 2.66. The molecule has 3 rings (SSSR count). The van der Waals surface area contributed by atoms with Crippen molar-refractivity contribution in [2.24, 2.45) is 11.1 Å². The quantitative estimate of drug-likeness (QED) is 0.808. The van der Waals surface area contributed by atoms with Crippen LogP contribution in [0.4, 0.5) is 5.69 Å². The maximum absolute atomic E-state index is 13.0. The number of benzene rings is 1. The predicted molar refractivity (Wildman–Crippen MR) is 103 cm³/mol. The third-order valence-corrected chi connectivity index (χ3v) is 8.72. The second-order valence-corrected chi connectivity index (χ2v) is 10.6. The Kier molecular flexibility index (Phi) is 4.54. The van der Waals surface area contributed by atoms with E-state index in [2.05, 4.69) is 20.8 Å². The number of likely N-dealkylation sites (N-methyl/N-ethyl adjacent to an activating group) is 1. The van der Waals surface area contributed by atoms with Gasteiger partial charge in [-0.25, -0.2) is 13.6 Å². The van der Waals surface area contributed by atoms with Crippen LogP contribution in [0.25, 0.3) is 0 Å². The molecule has 0 spiro atoms. The van der Waals surface area contributed by atoms with Crippen LogP contribution in [0.15, 0.2) is 22.7 Å². The number of nitrogens with zero attached hydrogens (tertiary/aromatic N) is 1. The molecular weight excluding hydrogens is 388 g/mol. The molecule has 24 heavy (non-hydrogen) atoms. The number of nitrogens with two attached hydrogens (primary N) is 1. The van der Waals surface area contributed by atoms with Gasteiger partial charge in [0.05, 0.1) is 5.54 Å². The van der Waals surface area contributed by atoms with Gasteiger partial charge in [-0.2, -0.15) is 0 Å². The van der Waals surface area contributed by atoms with Crippen molar-refractivity contribution in [2.45, 2.75) is 62.7 Å². The van der Waals surface area contributed by atoms with Crippen molar-refractivity contribution in [3.63, 3.8) is 0 Å². The maximum atomic E-state index is 13.0. The predicted octanol–water partition coefficient (Wildman–Crippen LogP) is 4.13. The second kappa shape index (κ2) is 5.99. The highest BCUT2D eigenvalue weighted by atomic mass is 79.9. The van der Waals surface area contributed by atoms with E-state index in [0.29, 0.717) is 12.3 Å². The largest absolute Gasteiger partial charge is 0.367 e. The van der Waals surface area contributed by atoms with Crippen LogP contribution in [0.1, 0.15) is 57.9 Å². The summed E-state index contributed by atoms with van der Waals surface area (Å²) < 4.78 is 25.8. The highest BCUT2D eigenvalue weighted by molar-refractivity contribution is 9.10. The van der Waals surface area contributed by atoms with Crippen molar-refractivity contribution in [1.29, 1.82) is 0 Å². The van der Waals surface area contributed by atoms with Gasteiger partial charge in [0.15, 0.2) is 0 Å². The number of hydrogen-bond donors (Lipinski definition) is 1. The fourth-order valence-corrected chi connectivity index (χ4v) is 6.93. The first kappa shape index (κ1) is 18.2. The van der Waals surface area contributed by atoms with Crippen molar-refractivity contribution in [1.82, 2.24) is 0 Å². The van der Waals surface area contributed by atoms with E-state index in [-0.39, 0.29) is 0 Å². The first-order valence-corrected chi connectivity index (χ1v) is 11.0. The van der Waals surface area contributed by atoms with Crippen molar-refractivity contribution in [3.8, 4) is 0 Å². The standard InChI is InChI=1S/C18H27BrN2O2S/c1-17(2)18(24(20,22)23,12-13-7-5-4-6-8-13)15-11-14(19)9-10-16(15)21(17)3/h9-11,13H,4-8,12H2,1-3H3,(H2,20,22,23). The van der Waals surface area contributed by atoms with Crippen molar-refractivity contribution in [3.05, 3.63) is 28.2 Å². The van der Waals surface area contributed by atoms with Crippen molar-refractivity contribution < 1.29 is 8.42 Å². The van der Waals surface area contributed by atoms with Crippen molar-refractivity contribution >= 4 is 31.6 Å². The monoisotopic (exact) mass is 414 g/mol. The van der Waals surface area contributed by atoms with Gasteiger partial charge in [-0.15, -0.1) is 0 Å². The van der Waals surface area contributed by atoms with Crippen LogP contribution in [0.5, 0.6) is 0 Å². The minimum absolute atomic E-state index is 0.412. The van der Waals surface area contributed by atoms with E-state index in [1.54, 1.807) is 0 Å². The van der Waals surface area contributed by atoms with Crippen LogP contribution in [0.3, 0.4) is 0 Å². The molecule has 1 heterocycles. The van der Waals surface area contributed by atoms with Gasteiger partial charge in [-0.1, -0.05) is 48.0 Å². The maximum Gasteiger partial charge on any atom is 0.221 e. The van der Waals surface area contributed by atoms with Gasteiger partial charge in [0.2, 0.25) is 10.0 Å². The Morgan fingerprint density at radius 3 is 2.46 bits per heavy atom. The van der Waals surface area contributed by atoms with E-state index in [9.17, 15) is 8.42 Å². The summed E-state index contributed by atoms with van der Waals surface area (Å²) in [5, 5.41) is 5.93. The van der Waals surface area contributed by atoms with Crippen molar-refractivity contribution in [2.75, 3.05) is 11.9 Å². The van der Waals surface area contributed by atoms with Crippen LogP contribution in [-0.2, 0) is 14.8 Å². The molecule has 134 valence electrons. The third-order valence-electron chi connectivity index (χ3n) is 6.37. The van der Waals surface area contributed by atoms with Gasteiger partial charge >= 0.3 is 0 Å². The fourth-order valence-electron chi connectivity index (χ4n) is 4.80.